The Labute approximate surface area is 165 Å². The van der Waals surface area contributed by atoms with Crippen molar-refractivity contribution in [3.63, 3.8) is 0 Å². The number of fused-ring (bicyclic) bond motifs is 1. The third-order valence-electron chi connectivity index (χ3n) is 4.74. The van der Waals surface area contributed by atoms with Crippen LogP contribution < -0.4 is 21.7 Å². The lowest BCUT2D eigenvalue weighted by Crippen LogP contribution is -2.36. The molecule has 0 bridgehead atoms. The minimum absolute atomic E-state index is 0.205. The number of rotatable bonds is 4. The smallest absolute Gasteiger partial charge is 0.319 e. The van der Waals surface area contributed by atoms with E-state index in [0.29, 0.717) is 27.2 Å². The number of thiophene rings is 1. The normalized spacial score (nSPS) is 14.1. The van der Waals surface area contributed by atoms with Gasteiger partial charge in [-0.15, -0.1) is 11.3 Å². The molecule has 1 fully saturated rings. The van der Waals surface area contributed by atoms with Crippen molar-refractivity contribution in [1.82, 2.24) is 15.3 Å². The van der Waals surface area contributed by atoms with E-state index in [4.69, 9.17) is 5.73 Å². The van der Waals surface area contributed by atoms with Gasteiger partial charge in [0.1, 0.15) is 17.0 Å². The highest BCUT2D eigenvalue weighted by molar-refractivity contribution is 7.17. The van der Waals surface area contributed by atoms with Crippen LogP contribution in [0.4, 0.5) is 22.0 Å². The van der Waals surface area contributed by atoms with Gasteiger partial charge in [-0.25, -0.2) is 14.8 Å². The van der Waals surface area contributed by atoms with Crippen LogP contribution in [0.5, 0.6) is 0 Å². The van der Waals surface area contributed by atoms with Gasteiger partial charge in [-0.05, 0) is 37.1 Å². The summed E-state index contributed by atoms with van der Waals surface area (Å²) < 4.78 is 0. The summed E-state index contributed by atoms with van der Waals surface area (Å²) in [7, 11) is 0. The van der Waals surface area contributed by atoms with Crippen molar-refractivity contribution >= 4 is 50.7 Å². The average molecular weight is 396 g/mol. The van der Waals surface area contributed by atoms with Crippen LogP contribution in [0.1, 0.15) is 36.0 Å². The number of hydrogen-bond acceptors (Lipinski definition) is 6. The van der Waals surface area contributed by atoms with Crippen LogP contribution in [0.2, 0.25) is 0 Å². The van der Waals surface area contributed by atoms with Crippen molar-refractivity contribution in [2.75, 3.05) is 16.4 Å². The molecule has 144 valence electrons. The van der Waals surface area contributed by atoms with Crippen LogP contribution in [-0.2, 0) is 0 Å². The molecule has 8 nitrogen and oxygen atoms in total. The molecule has 1 aliphatic rings. The molecule has 3 aromatic rings. The maximum absolute atomic E-state index is 12.6. The van der Waals surface area contributed by atoms with Gasteiger partial charge in [0.25, 0.3) is 5.91 Å². The summed E-state index contributed by atoms with van der Waals surface area (Å²) in [5, 5.41) is 10.9. The first-order chi connectivity index (χ1) is 13.6. The number of hydrogen-bond donors (Lipinski definition) is 4. The molecule has 5 N–H and O–H groups in total. The van der Waals surface area contributed by atoms with E-state index in [0.717, 1.165) is 25.7 Å². The van der Waals surface area contributed by atoms with Gasteiger partial charge >= 0.3 is 6.03 Å². The standard InChI is InChI=1S/C19H20N6O2S/c20-16-15-14(9-28-18(15)22-10-21-16)17(26)23-12-5-7-13(8-6-12)25-19(27)24-11-3-1-2-4-11/h5-11H,1-4H2,(H,23,26)(H2,20,21,22)(H2,24,25,27). The van der Waals surface area contributed by atoms with Crippen molar-refractivity contribution in [1.29, 1.82) is 0 Å². The summed E-state index contributed by atoms with van der Waals surface area (Å²) in [5.74, 6) is -0.00309. The molecule has 1 aromatic carbocycles. The number of benzene rings is 1. The zero-order valence-corrected chi connectivity index (χ0v) is 15.9. The van der Waals surface area contributed by atoms with E-state index in [2.05, 4.69) is 25.9 Å². The van der Waals surface area contributed by atoms with Crippen LogP contribution in [-0.4, -0.2) is 27.9 Å². The Morgan fingerprint density at radius 2 is 1.71 bits per heavy atom. The Bertz CT molecular complexity index is 1010. The second kappa shape index (κ2) is 7.81. The lowest BCUT2D eigenvalue weighted by atomic mass is 10.2. The van der Waals surface area contributed by atoms with Gasteiger partial charge in [0.05, 0.1) is 10.9 Å². The fourth-order valence-electron chi connectivity index (χ4n) is 3.32. The number of carbonyl (C=O) groups excluding carboxylic acids is 2. The topological polar surface area (TPSA) is 122 Å². The summed E-state index contributed by atoms with van der Waals surface area (Å²) >= 11 is 1.34. The minimum Gasteiger partial charge on any atom is -0.383 e. The molecule has 28 heavy (non-hydrogen) atoms. The maximum atomic E-state index is 12.6. The zero-order valence-electron chi connectivity index (χ0n) is 15.1. The Morgan fingerprint density at radius 3 is 2.43 bits per heavy atom. The number of urea groups is 1. The van der Waals surface area contributed by atoms with E-state index in [9.17, 15) is 9.59 Å². The molecular formula is C19H20N6O2S. The predicted octanol–water partition coefficient (Wildman–Crippen LogP) is 3.59. The van der Waals surface area contributed by atoms with Gasteiger partial charge in [-0.2, -0.15) is 0 Å². The molecule has 0 spiro atoms. The van der Waals surface area contributed by atoms with Crippen LogP contribution in [0.3, 0.4) is 0 Å². The number of nitrogens with one attached hydrogen (secondary N) is 3. The summed E-state index contributed by atoms with van der Waals surface area (Å²) in [6.07, 6.45) is 5.77. The van der Waals surface area contributed by atoms with Crippen molar-refractivity contribution < 1.29 is 9.59 Å². The number of amides is 3. The molecular weight excluding hydrogens is 376 g/mol. The van der Waals surface area contributed by atoms with Gasteiger partial charge in [-0.1, -0.05) is 12.8 Å². The monoisotopic (exact) mass is 396 g/mol. The summed E-state index contributed by atoms with van der Waals surface area (Å²) in [4.78, 5) is 33.4. The first-order valence-corrected chi connectivity index (χ1v) is 9.95. The number of aromatic nitrogens is 2. The van der Waals surface area contributed by atoms with E-state index in [1.54, 1.807) is 29.6 Å². The maximum Gasteiger partial charge on any atom is 0.319 e. The largest absolute Gasteiger partial charge is 0.383 e. The van der Waals surface area contributed by atoms with Crippen molar-refractivity contribution in [3.05, 3.63) is 41.5 Å². The van der Waals surface area contributed by atoms with E-state index in [1.807, 2.05) is 0 Å². The van der Waals surface area contributed by atoms with Crippen LogP contribution >= 0.6 is 11.3 Å². The molecule has 0 aliphatic heterocycles. The van der Waals surface area contributed by atoms with Gasteiger partial charge in [0.15, 0.2) is 0 Å². The molecule has 0 unspecified atom stereocenters. The molecule has 4 rings (SSSR count). The van der Waals surface area contributed by atoms with Gasteiger partial charge in [0, 0.05) is 22.8 Å². The number of anilines is 3. The highest BCUT2D eigenvalue weighted by Crippen LogP contribution is 2.28. The highest BCUT2D eigenvalue weighted by atomic mass is 32.1. The quantitative estimate of drug-likeness (QED) is 0.537. The second-order valence-corrected chi connectivity index (χ2v) is 7.56. The summed E-state index contributed by atoms with van der Waals surface area (Å²) in [6, 6.07) is 7.01. The Balaban J connectivity index is 1.39. The number of nitrogens with two attached hydrogens (primary N) is 1. The number of carbonyl (C=O) groups is 2. The van der Waals surface area contributed by atoms with E-state index >= 15 is 0 Å². The molecule has 1 saturated carbocycles. The fraction of sp³-hybridized carbons (Fsp3) is 0.263. The Hall–Kier alpha value is -3.20. The molecule has 2 aromatic heterocycles. The van der Waals surface area contributed by atoms with E-state index in [1.165, 1.54) is 17.7 Å². The lowest BCUT2D eigenvalue weighted by molar-refractivity contribution is 0.102. The number of nitrogen functional groups attached to an aromatic ring is 1. The molecule has 0 radical (unpaired) electrons. The minimum atomic E-state index is -0.285. The molecule has 0 atom stereocenters. The Kier molecular flexibility index (Phi) is 5.07. The molecule has 0 saturated heterocycles. The van der Waals surface area contributed by atoms with Crippen molar-refractivity contribution in [2.45, 2.75) is 31.7 Å². The molecule has 2 heterocycles. The van der Waals surface area contributed by atoms with Crippen LogP contribution in [0.25, 0.3) is 10.2 Å². The second-order valence-electron chi connectivity index (χ2n) is 6.70. The third-order valence-corrected chi connectivity index (χ3v) is 5.62. The van der Waals surface area contributed by atoms with Crippen molar-refractivity contribution in [2.24, 2.45) is 0 Å². The van der Waals surface area contributed by atoms with E-state index < -0.39 is 0 Å². The molecule has 1 aliphatic carbocycles. The predicted molar refractivity (Wildman–Crippen MR) is 111 cm³/mol. The lowest BCUT2D eigenvalue weighted by Gasteiger charge is -2.13. The SMILES string of the molecule is Nc1ncnc2scc(C(=O)Nc3ccc(NC(=O)NC4CCCC4)cc3)c12. The number of nitrogens with zero attached hydrogens (tertiary/aromatic N) is 2. The summed E-state index contributed by atoms with van der Waals surface area (Å²) in [6.45, 7) is 0. The summed E-state index contributed by atoms with van der Waals surface area (Å²) in [5.41, 5.74) is 7.60. The highest BCUT2D eigenvalue weighted by Gasteiger charge is 2.18. The van der Waals surface area contributed by atoms with Crippen LogP contribution in [0, 0.1) is 0 Å². The van der Waals surface area contributed by atoms with Gasteiger partial charge in [-0.3, -0.25) is 4.79 Å². The molecule has 9 heteroatoms. The van der Waals surface area contributed by atoms with E-state index in [-0.39, 0.29) is 23.8 Å². The first-order valence-electron chi connectivity index (χ1n) is 9.07. The molecule has 3 amide bonds. The third kappa shape index (κ3) is 3.89. The van der Waals surface area contributed by atoms with Crippen LogP contribution in [0.15, 0.2) is 36.0 Å². The Morgan fingerprint density at radius 1 is 1.04 bits per heavy atom. The fourth-order valence-corrected chi connectivity index (χ4v) is 4.22. The van der Waals surface area contributed by atoms with Crippen molar-refractivity contribution in [3.8, 4) is 0 Å². The van der Waals surface area contributed by atoms with Gasteiger partial charge < -0.3 is 21.7 Å². The zero-order chi connectivity index (χ0) is 19.5. The van der Waals surface area contributed by atoms with Gasteiger partial charge in [0.2, 0.25) is 0 Å². The first kappa shape index (κ1) is 18.2. The average Bonchev–Trinajstić information content (AvgIpc) is 3.33.